The van der Waals surface area contributed by atoms with Gasteiger partial charge in [-0.15, -0.1) is 11.3 Å². The van der Waals surface area contributed by atoms with Crippen molar-refractivity contribution in [2.75, 3.05) is 7.11 Å². The van der Waals surface area contributed by atoms with Gasteiger partial charge in [-0.05, 0) is 60.3 Å². The number of hydrogen-bond acceptors (Lipinski definition) is 5. The van der Waals surface area contributed by atoms with Crippen molar-refractivity contribution in [1.29, 1.82) is 0 Å². The number of aliphatic carboxylic acids is 1. The molecule has 9 heteroatoms. The minimum atomic E-state index is -1.69. The van der Waals surface area contributed by atoms with Crippen molar-refractivity contribution < 1.29 is 14.6 Å². The molecule has 0 spiro atoms. The zero-order valence-electron chi connectivity index (χ0n) is 16.5. The fourth-order valence-electron chi connectivity index (χ4n) is 3.25. The van der Waals surface area contributed by atoms with Crippen LogP contribution in [0.5, 0.6) is 5.75 Å². The van der Waals surface area contributed by atoms with Crippen LogP contribution < -0.4 is 16.0 Å². The summed E-state index contributed by atoms with van der Waals surface area (Å²) in [6.07, 6.45) is 0.485. The number of benzene rings is 1. The van der Waals surface area contributed by atoms with Gasteiger partial charge in [0.25, 0.3) is 5.56 Å². The smallest absolute Gasteiger partial charge is 0.333 e. The number of nitrogens with zero attached hydrogens (tertiary/aromatic N) is 2. The molecule has 3 rings (SSSR count). The van der Waals surface area contributed by atoms with Gasteiger partial charge >= 0.3 is 11.7 Å². The lowest BCUT2D eigenvalue weighted by molar-refractivity contribution is -0.146. The number of rotatable bonds is 6. The molecule has 0 saturated heterocycles. The quantitative estimate of drug-likeness (QED) is 0.583. The normalized spacial score (nSPS) is 11.8. The number of hydrogen-bond donors (Lipinski definition) is 1. The van der Waals surface area contributed by atoms with Gasteiger partial charge in [-0.25, -0.2) is 14.2 Å². The Morgan fingerprint density at radius 1 is 1.28 bits per heavy atom. The van der Waals surface area contributed by atoms with Crippen LogP contribution in [0.25, 0.3) is 10.2 Å². The first-order valence-electron chi connectivity index (χ1n) is 8.91. The number of aryl methyl sites for hydroxylation is 3. The predicted molar refractivity (Wildman–Crippen MR) is 116 cm³/mol. The highest BCUT2D eigenvalue weighted by Crippen LogP contribution is 2.33. The van der Waals surface area contributed by atoms with E-state index < -0.39 is 22.8 Å². The van der Waals surface area contributed by atoms with Crippen LogP contribution in [-0.4, -0.2) is 27.3 Å². The molecule has 0 saturated carbocycles. The van der Waals surface area contributed by atoms with Crippen molar-refractivity contribution in [1.82, 2.24) is 9.13 Å². The van der Waals surface area contributed by atoms with Crippen LogP contribution >= 0.6 is 27.3 Å². The zero-order valence-corrected chi connectivity index (χ0v) is 18.9. The maximum atomic E-state index is 13.3. The number of thiophene rings is 1. The predicted octanol–water partition coefficient (Wildman–Crippen LogP) is 3.37. The van der Waals surface area contributed by atoms with Crippen molar-refractivity contribution in [3.63, 3.8) is 0 Å². The summed E-state index contributed by atoms with van der Waals surface area (Å²) in [7, 11) is 1.58. The summed E-state index contributed by atoms with van der Waals surface area (Å²) in [5, 5.41) is 9.98. The van der Waals surface area contributed by atoms with Gasteiger partial charge < -0.3 is 9.84 Å². The molecule has 0 radical (unpaired) electrons. The van der Waals surface area contributed by atoms with E-state index in [-0.39, 0.29) is 6.54 Å². The average Bonchev–Trinajstić information content (AvgIpc) is 2.96. The molecule has 1 aromatic carbocycles. The summed E-state index contributed by atoms with van der Waals surface area (Å²) >= 11 is 4.74. The Bertz CT molecular complexity index is 1220. The number of fused-ring (bicyclic) bond motifs is 1. The number of carboxylic acid groups (broad SMARTS) is 1. The lowest BCUT2D eigenvalue weighted by Gasteiger charge is -2.23. The molecule has 0 atom stereocenters. The monoisotopic (exact) mass is 480 g/mol. The molecule has 0 fully saturated rings. The van der Waals surface area contributed by atoms with Crippen molar-refractivity contribution in [3.05, 3.63) is 60.0 Å². The molecule has 0 aliphatic carbocycles. The van der Waals surface area contributed by atoms with Gasteiger partial charge in [0.2, 0.25) is 0 Å². The fourth-order valence-corrected chi connectivity index (χ4v) is 4.95. The number of carboxylic acids is 1. The summed E-state index contributed by atoms with van der Waals surface area (Å²) in [6.45, 7) is 4.76. The first-order chi connectivity index (χ1) is 13.6. The molecule has 2 aromatic heterocycles. The Labute approximate surface area is 179 Å². The van der Waals surface area contributed by atoms with E-state index in [4.69, 9.17) is 4.74 Å². The van der Waals surface area contributed by atoms with Crippen LogP contribution in [0.3, 0.4) is 0 Å². The third-order valence-electron chi connectivity index (χ3n) is 5.03. The maximum Gasteiger partial charge on any atom is 0.333 e. The van der Waals surface area contributed by atoms with Crippen molar-refractivity contribution in [2.24, 2.45) is 0 Å². The highest BCUT2D eigenvalue weighted by atomic mass is 79.9. The third kappa shape index (κ3) is 3.53. The summed E-state index contributed by atoms with van der Waals surface area (Å²) in [4.78, 5) is 38.7. The van der Waals surface area contributed by atoms with Crippen molar-refractivity contribution in [3.8, 4) is 5.75 Å². The molecule has 0 aliphatic heterocycles. The van der Waals surface area contributed by atoms with E-state index >= 15 is 0 Å². The average molecular weight is 481 g/mol. The van der Waals surface area contributed by atoms with E-state index in [1.165, 1.54) is 29.8 Å². The number of methoxy groups -OCH3 is 1. The van der Waals surface area contributed by atoms with Gasteiger partial charge in [0.15, 0.2) is 0 Å². The molecule has 0 unspecified atom stereocenters. The maximum absolute atomic E-state index is 13.3. The number of carbonyl (C=O) groups is 1. The second-order valence-corrected chi connectivity index (χ2v) is 9.50. The van der Waals surface area contributed by atoms with Crippen LogP contribution in [0.1, 0.15) is 25.0 Å². The second-order valence-electron chi connectivity index (χ2n) is 7.18. The van der Waals surface area contributed by atoms with E-state index in [2.05, 4.69) is 15.9 Å². The first kappa shape index (κ1) is 21.3. The van der Waals surface area contributed by atoms with Crippen LogP contribution in [-0.2, 0) is 23.3 Å². The minimum Gasteiger partial charge on any atom is -0.496 e. The fraction of sp³-hybridized carbons (Fsp3) is 0.350. The summed E-state index contributed by atoms with van der Waals surface area (Å²) < 4.78 is 8.44. The highest BCUT2D eigenvalue weighted by Gasteiger charge is 2.35. The van der Waals surface area contributed by atoms with E-state index in [1.54, 1.807) is 14.0 Å². The molecule has 154 valence electrons. The zero-order chi connectivity index (χ0) is 21.5. The van der Waals surface area contributed by atoms with Crippen molar-refractivity contribution >= 4 is 43.5 Å². The van der Waals surface area contributed by atoms with Gasteiger partial charge in [-0.3, -0.25) is 9.36 Å². The Morgan fingerprint density at radius 3 is 2.55 bits per heavy atom. The highest BCUT2D eigenvalue weighted by molar-refractivity contribution is 9.11. The molecule has 1 N–H and O–H groups in total. The minimum absolute atomic E-state index is 0.276. The largest absolute Gasteiger partial charge is 0.496 e. The van der Waals surface area contributed by atoms with Crippen LogP contribution in [0.15, 0.2) is 37.6 Å². The molecule has 0 bridgehead atoms. The number of aromatic nitrogens is 2. The molecular formula is C20H21BrN2O5S. The Hall–Kier alpha value is -2.39. The van der Waals surface area contributed by atoms with E-state index in [0.717, 1.165) is 13.9 Å². The number of para-hydroxylation sites is 1. The molecular weight excluding hydrogens is 460 g/mol. The lowest BCUT2D eigenvalue weighted by Crippen LogP contribution is -2.52. The van der Waals surface area contributed by atoms with Crippen molar-refractivity contribution in [2.45, 2.75) is 39.3 Å². The summed E-state index contributed by atoms with van der Waals surface area (Å²) in [5.74, 6) is -0.543. The van der Waals surface area contributed by atoms with Crippen LogP contribution in [0.4, 0.5) is 0 Å². The van der Waals surface area contributed by atoms with E-state index in [1.807, 2.05) is 24.3 Å². The molecule has 29 heavy (non-hydrogen) atoms. The molecule has 2 heterocycles. The molecule has 7 nitrogen and oxygen atoms in total. The first-order valence-corrected chi connectivity index (χ1v) is 10.5. The van der Waals surface area contributed by atoms with Crippen LogP contribution in [0, 0.1) is 6.92 Å². The Kier molecular flexibility index (Phi) is 5.73. The number of ether oxygens (including phenoxy) is 1. The Morgan fingerprint density at radius 2 is 1.93 bits per heavy atom. The van der Waals surface area contributed by atoms with E-state index in [0.29, 0.717) is 28.0 Å². The number of halogens is 1. The van der Waals surface area contributed by atoms with Gasteiger partial charge in [-0.2, -0.15) is 0 Å². The van der Waals surface area contributed by atoms with Gasteiger partial charge in [0, 0.05) is 6.54 Å². The SMILES string of the molecule is COc1ccccc1CCn1c(=O)n(C(C)(C)C(=O)O)c(=O)c2c(C)c(Br)sc21. The summed E-state index contributed by atoms with van der Waals surface area (Å²) in [5.41, 5.74) is -1.31. The second kappa shape index (κ2) is 7.79. The molecule has 0 aliphatic rings. The van der Waals surface area contributed by atoms with Gasteiger partial charge in [0.1, 0.15) is 16.1 Å². The molecule has 0 amide bonds. The van der Waals surface area contributed by atoms with E-state index in [9.17, 15) is 19.5 Å². The lowest BCUT2D eigenvalue weighted by atomic mass is 10.1. The Balaban J connectivity index is 2.26. The third-order valence-corrected chi connectivity index (χ3v) is 7.22. The summed E-state index contributed by atoms with van der Waals surface area (Å²) in [6, 6.07) is 7.50. The van der Waals surface area contributed by atoms with Gasteiger partial charge in [0.05, 0.1) is 16.3 Å². The topological polar surface area (TPSA) is 90.5 Å². The van der Waals surface area contributed by atoms with Crippen LogP contribution in [0.2, 0.25) is 0 Å². The standard InChI is InChI=1S/C20H21BrN2O5S/c1-11-14-16(24)23(20(2,3)18(25)26)19(27)22(17(14)29-15(11)21)10-9-12-7-5-6-8-13(12)28-4/h5-8H,9-10H2,1-4H3,(H,25,26). The molecule has 3 aromatic rings. The van der Waals surface area contributed by atoms with Gasteiger partial charge in [-0.1, -0.05) is 18.2 Å².